The van der Waals surface area contributed by atoms with Gasteiger partial charge in [0, 0.05) is 25.8 Å². The van der Waals surface area contributed by atoms with Crippen LogP contribution in [0.1, 0.15) is 42.1 Å². The zero-order valence-electron chi connectivity index (χ0n) is 15.6. The molecule has 136 valence electrons. The Morgan fingerprint density at radius 3 is 2.65 bits per heavy atom. The molecule has 1 aliphatic rings. The van der Waals surface area contributed by atoms with Crippen molar-refractivity contribution in [2.75, 3.05) is 25.1 Å². The van der Waals surface area contributed by atoms with Gasteiger partial charge in [0.15, 0.2) is 0 Å². The van der Waals surface area contributed by atoms with Gasteiger partial charge in [-0.2, -0.15) is 0 Å². The number of fused-ring (bicyclic) bond motifs is 1. The van der Waals surface area contributed by atoms with Crippen LogP contribution in [-0.2, 0) is 0 Å². The number of carbonyl (C=O) groups is 1. The van der Waals surface area contributed by atoms with Crippen LogP contribution < -0.4 is 4.90 Å². The maximum absolute atomic E-state index is 13.0. The number of carbonyl (C=O) groups excluding carboxylic acids is 1. The Morgan fingerprint density at radius 1 is 1.23 bits per heavy atom. The Bertz CT molecular complexity index is 845. The molecule has 26 heavy (non-hydrogen) atoms. The minimum atomic E-state index is -0.0952. The molecular formula is C21H25N3O2. The Hall–Kier alpha value is -2.66. The van der Waals surface area contributed by atoms with Gasteiger partial charge in [-0.05, 0) is 24.0 Å². The molecule has 0 fully saturated rings. The Labute approximate surface area is 154 Å². The molecule has 0 aliphatic carbocycles. The van der Waals surface area contributed by atoms with Crippen molar-refractivity contribution in [2.24, 2.45) is 0 Å². The summed E-state index contributed by atoms with van der Waals surface area (Å²) in [7, 11) is 1.88. The molecule has 5 nitrogen and oxygen atoms in total. The van der Waals surface area contributed by atoms with E-state index in [1.807, 2.05) is 36.2 Å². The second kappa shape index (κ2) is 7.30. The van der Waals surface area contributed by atoms with Gasteiger partial charge >= 0.3 is 0 Å². The molecule has 0 saturated carbocycles. The fourth-order valence-electron chi connectivity index (χ4n) is 3.31. The number of hydrogen-bond donors (Lipinski definition) is 1. The Kier molecular flexibility index (Phi) is 5.09. The maximum Gasteiger partial charge on any atom is 0.261 e. The molecule has 0 bridgehead atoms. The van der Waals surface area contributed by atoms with Crippen LogP contribution in [-0.4, -0.2) is 41.1 Å². The lowest BCUT2D eigenvalue weighted by atomic mass is 9.94. The van der Waals surface area contributed by atoms with E-state index in [2.05, 4.69) is 31.5 Å². The van der Waals surface area contributed by atoms with Gasteiger partial charge < -0.3 is 10.0 Å². The van der Waals surface area contributed by atoms with E-state index in [1.54, 1.807) is 11.1 Å². The predicted molar refractivity (Wildman–Crippen MR) is 104 cm³/mol. The Balaban J connectivity index is 2.07. The number of pyridine rings is 1. The fraction of sp³-hybridized carbons (Fsp3) is 0.333. The van der Waals surface area contributed by atoms with E-state index in [4.69, 9.17) is 5.11 Å². The zero-order chi connectivity index (χ0) is 18.8. The standard InChI is InChI=1S/C21H25N3O2/c1-14(2)16-8-5-6-9-17(16)19-12-18-20(13-22-19)23(4)15(3)24(21(18)26)10-7-11-25/h5-6,8-9,12-14,25H,3,7,10-11H2,1-2,4H3. The summed E-state index contributed by atoms with van der Waals surface area (Å²) < 4.78 is 0. The van der Waals surface area contributed by atoms with Gasteiger partial charge in [-0.3, -0.25) is 14.7 Å². The number of nitrogens with zero attached hydrogens (tertiary/aromatic N) is 3. The second-order valence-electron chi connectivity index (χ2n) is 6.84. The topological polar surface area (TPSA) is 56.7 Å². The van der Waals surface area contributed by atoms with Gasteiger partial charge in [-0.1, -0.05) is 44.7 Å². The van der Waals surface area contributed by atoms with Crippen LogP contribution in [0, 0.1) is 0 Å². The van der Waals surface area contributed by atoms with Crippen LogP contribution in [0.5, 0.6) is 0 Å². The van der Waals surface area contributed by atoms with Crippen molar-refractivity contribution in [3.63, 3.8) is 0 Å². The van der Waals surface area contributed by atoms with E-state index in [0.717, 1.165) is 16.9 Å². The number of aromatic nitrogens is 1. The highest BCUT2D eigenvalue weighted by molar-refractivity contribution is 6.04. The molecule has 1 N–H and O–H groups in total. The first-order valence-electron chi connectivity index (χ1n) is 8.90. The first kappa shape index (κ1) is 18.1. The molecule has 2 heterocycles. The van der Waals surface area contributed by atoms with Crippen LogP contribution in [0.4, 0.5) is 5.69 Å². The van der Waals surface area contributed by atoms with E-state index in [0.29, 0.717) is 30.3 Å². The van der Waals surface area contributed by atoms with Crippen LogP contribution >= 0.6 is 0 Å². The molecule has 5 heteroatoms. The number of hydrogen-bond acceptors (Lipinski definition) is 4. The molecule has 1 aromatic heterocycles. The normalized spacial score (nSPS) is 14.2. The average Bonchev–Trinajstić information content (AvgIpc) is 2.66. The third kappa shape index (κ3) is 3.10. The lowest BCUT2D eigenvalue weighted by Crippen LogP contribution is -2.43. The molecule has 0 unspecified atom stereocenters. The van der Waals surface area contributed by atoms with E-state index in [1.165, 1.54) is 5.56 Å². The van der Waals surface area contributed by atoms with Gasteiger partial charge in [-0.25, -0.2) is 0 Å². The molecule has 3 rings (SSSR count). The van der Waals surface area contributed by atoms with Crippen molar-refractivity contribution < 1.29 is 9.90 Å². The minimum Gasteiger partial charge on any atom is -0.396 e. The molecule has 0 saturated heterocycles. The molecule has 1 aliphatic heterocycles. The third-order valence-corrected chi connectivity index (χ3v) is 4.82. The van der Waals surface area contributed by atoms with Gasteiger partial charge in [0.25, 0.3) is 5.91 Å². The molecule has 0 spiro atoms. The van der Waals surface area contributed by atoms with Gasteiger partial charge in [0.2, 0.25) is 0 Å². The van der Waals surface area contributed by atoms with E-state index >= 15 is 0 Å². The quantitative estimate of drug-likeness (QED) is 0.894. The number of aliphatic hydroxyl groups excluding tert-OH is 1. The van der Waals surface area contributed by atoms with Gasteiger partial charge in [0.1, 0.15) is 5.82 Å². The number of anilines is 1. The van der Waals surface area contributed by atoms with Crippen molar-refractivity contribution in [3.05, 3.63) is 60.1 Å². The molecule has 1 amide bonds. The highest BCUT2D eigenvalue weighted by Gasteiger charge is 2.31. The van der Waals surface area contributed by atoms with Gasteiger partial charge in [-0.15, -0.1) is 0 Å². The van der Waals surface area contributed by atoms with Crippen molar-refractivity contribution in [1.29, 1.82) is 0 Å². The molecular weight excluding hydrogens is 326 g/mol. The van der Waals surface area contributed by atoms with Crippen molar-refractivity contribution in [1.82, 2.24) is 9.88 Å². The summed E-state index contributed by atoms with van der Waals surface area (Å²) in [5.41, 5.74) is 4.42. The summed E-state index contributed by atoms with van der Waals surface area (Å²) in [6, 6.07) is 10.0. The first-order chi connectivity index (χ1) is 12.5. The van der Waals surface area contributed by atoms with Gasteiger partial charge in [0.05, 0.1) is 23.1 Å². The zero-order valence-corrected chi connectivity index (χ0v) is 15.6. The number of aliphatic hydroxyl groups is 1. The van der Waals surface area contributed by atoms with Crippen LogP contribution in [0.3, 0.4) is 0 Å². The largest absolute Gasteiger partial charge is 0.396 e. The summed E-state index contributed by atoms with van der Waals surface area (Å²) in [6.45, 7) is 8.80. The van der Waals surface area contributed by atoms with Crippen molar-refractivity contribution >= 4 is 11.6 Å². The van der Waals surface area contributed by atoms with Crippen LogP contribution in [0.2, 0.25) is 0 Å². The minimum absolute atomic E-state index is 0.0387. The second-order valence-corrected chi connectivity index (χ2v) is 6.84. The van der Waals surface area contributed by atoms with E-state index < -0.39 is 0 Å². The highest BCUT2D eigenvalue weighted by atomic mass is 16.3. The first-order valence-corrected chi connectivity index (χ1v) is 8.90. The highest BCUT2D eigenvalue weighted by Crippen LogP contribution is 2.35. The summed E-state index contributed by atoms with van der Waals surface area (Å²) in [6.07, 6.45) is 2.26. The van der Waals surface area contributed by atoms with Crippen LogP contribution in [0.25, 0.3) is 11.3 Å². The lowest BCUT2D eigenvalue weighted by Gasteiger charge is -2.37. The monoisotopic (exact) mass is 351 g/mol. The number of benzene rings is 1. The van der Waals surface area contributed by atoms with E-state index in [9.17, 15) is 4.79 Å². The lowest BCUT2D eigenvalue weighted by molar-refractivity contribution is 0.0785. The van der Waals surface area contributed by atoms with Crippen molar-refractivity contribution in [3.8, 4) is 11.3 Å². The number of rotatable bonds is 5. The fourth-order valence-corrected chi connectivity index (χ4v) is 3.31. The number of amides is 1. The Morgan fingerprint density at radius 2 is 1.96 bits per heavy atom. The van der Waals surface area contributed by atoms with Crippen molar-refractivity contribution in [2.45, 2.75) is 26.2 Å². The third-order valence-electron chi connectivity index (χ3n) is 4.82. The SMILES string of the molecule is C=C1N(CCCO)C(=O)c2cc(-c3ccccc3C(C)C)ncc2N1C. The maximum atomic E-state index is 13.0. The molecule has 1 aromatic carbocycles. The summed E-state index contributed by atoms with van der Waals surface area (Å²) in [5.74, 6) is 0.874. The molecule has 2 aromatic rings. The summed E-state index contributed by atoms with van der Waals surface area (Å²) >= 11 is 0. The average molecular weight is 351 g/mol. The van der Waals surface area contributed by atoms with E-state index in [-0.39, 0.29) is 12.5 Å². The molecule has 0 radical (unpaired) electrons. The summed E-state index contributed by atoms with van der Waals surface area (Å²) in [5, 5.41) is 9.11. The summed E-state index contributed by atoms with van der Waals surface area (Å²) in [4.78, 5) is 21.1. The van der Waals surface area contributed by atoms with Crippen LogP contribution in [0.15, 0.2) is 48.9 Å². The molecule has 0 atom stereocenters. The predicted octanol–water partition coefficient (Wildman–Crippen LogP) is 3.62. The smallest absolute Gasteiger partial charge is 0.261 e.